The molecule has 0 aromatic heterocycles. The van der Waals surface area contributed by atoms with Crippen LogP contribution in [0.1, 0.15) is 20.8 Å². The van der Waals surface area contributed by atoms with Gasteiger partial charge in [0, 0.05) is 30.6 Å². The van der Waals surface area contributed by atoms with Crippen molar-refractivity contribution in [3.05, 3.63) is 0 Å². The van der Waals surface area contributed by atoms with E-state index in [0.717, 1.165) is 38.7 Å². The molecule has 1 aliphatic heterocycles. The van der Waals surface area contributed by atoms with Crippen molar-refractivity contribution in [1.29, 1.82) is 0 Å². The lowest BCUT2D eigenvalue weighted by Crippen LogP contribution is -2.43. The molecule has 1 aliphatic rings. The number of thioether (sulfide) groups is 1. The smallest absolute Gasteiger partial charge is 0.191 e. The van der Waals surface area contributed by atoms with Gasteiger partial charge in [-0.05, 0) is 20.0 Å². The Balaban J connectivity index is 2.40. The highest BCUT2D eigenvalue weighted by Gasteiger charge is 2.13. The molecule has 17 heavy (non-hydrogen) atoms. The number of hydrogen-bond acceptors (Lipinski definition) is 3. The first-order chi connectivity index (χ1) is 8.19. The topological polar surface area (TPSA) is 44.9 Å². The van der Waals surface area contributed by atoms with E-state index < -0.39 is 0 Å². The summed E-state index contributed by atoms with van der Waals surface area (Å²) in [4.78, 5) is 9.14. The monoisotopic (exact) mass is 258 g/mol. The van der Waals surface area contributed by atoms with Crippen LogP contribution in [0.4, 0.5) is 0 Å². The zero-order valence-corrected chi connectivity index (χ0v) is 12.2. The van der Waals surface area contributed by atoms with E-state index in [-0.39, 0.29) is 0 Å². The van der Waals surface area contributed by atoms with E-state index in [1.807, 2.05) is 11.8 Å². The summed E-state index contributed by atoms with van der Waals surface area (Å²) in [5, 5.41) is 0. The number of nitrogens with zero attached hydrogens (tertiary/aromatic N) is 3. The minimum Gasteiger partial charge on any atom is -0.370 e. The molecule has 0 aromatic rings. The highest BCUT2D eigenvalue weighted by molar-refractivity contribution is 7.99. The molecule has 1 fully saturated rings. The second-order valence-electron chi connectivity index (χ2n) is 4.37. The first kappa shape index (κ1) is 14.6. The summed E-state index contributed by atoms with van der Waals surface area (Å²) in [5.41, 5.74) is 6.03. The van der Waals surface area contributed by atoms with E-state index >= 15 is 0 Å². The van der Waals surface area contributed by atoms with Gasteiger partial charge in [-0.1, -0.05) is 13.8 Å². The second-order valence-corrected chi connectivity index (χ2v) is 5.59. The number of hydrogen-bond donors (Lipinski definition) is 1. The molecule has 0 spiro atoms. The van der Waals surface area contributed by atoms with Crippen molar-refractivity contribution >= 4 is 17.7 Å². The summed E-state index contributed by atoms with van der Waals surface area (Å²) in [6.45, 7) is 11.6. The molecule has 0 aromatic carbocycles. The van der Waals surface area contributed by atoms with Crippen LogP contribution in [0.25, 0.3) is 0 Å². The first-order valence-electron chi connectivity index (χ1n) is 6.55. The van der Waals surface area contributed by atoms with Gasteiger partial charge in [0.2, 0.25) is 0 Å². The Morgan fingerprint density at radius 3 is 2.47 bits per heavy atom. The van der Waals surface area contributed by atoms with Crippen LogP contribution in [0.5, 0.6) is 0 Å². The summed E-state index contributed by atoms with van der Waals surface area (Å²) in [6, 6.07) is 0.475. The molecule has 1 unspecified atom stereocenters. The lowest BCUT2D eigenvalue weighted by molar-refractivity contribution is 0.236. The maximum Gasteiger partial charge on any atom is 0.191 e. The van der Waals surface area contributed by atoms with Gasteiger partial charge >= 0.3 is 0 Å². The Bertz CT molecular complexity index is 235. The number of guanidine groups is 1. The van der Waals surface area contributed by atoms with Gasteiger partial charge in [-0.15, -0.1) is 0 Å². The molecule has 1 heterocycles. The Hall–Kier alpha value is -0.420. The molecular formula is C12H26N4S. The van der Waals surface area contributed by atoms with E-state index in [1.54, 1.807) is 0 Å². The van der Waals surface area contributed by atoms with Gasteiger partial charge in [0.05, 0.1) is 6.54 Å². The average molecular weight is 258 g/mol. The molecule has 0 saturated carbocycles. The second kappa shape index (κ2) is 7.82. The number of aliphatic imine (C=N–C) groups is 1. The third kappa shape index (κ3) is 4.76. The van der Waals surface area contributed by atoms with Crippen LogP contribution < -0.4 is 5.73 Å². The summed E-state index contributed by atoms with van der Waals surface area (Å²) in [7, 11) is 0. The van der Waals surface area contributed by atoms with E-state index in [2.05, 4.69) is 35.6 Å². The summed E-state index contributed by atoms with van der Waals surface area (Å²) in [6.07, 6.45) is 0. The van der Waals surface area contributed by atoms with Gasteiger partial charge in [-0.25, -0.2) is 0 Å². The summed E-state index contributed by atoms with van der Waals surface area (Å²) in [5.74, 6) is 3.06. The van der Waals surface area contributed by atoms with Crippen molar-refractivity contribution in [3.8, 4) is 0 Å². The molecule has 0 amide bonds. The van der Waals surface area contributed by atoms with E-state index in [1.165, 1.54) is 11.5 Å². The minimum atomic E-state index is 0.475. The van der Waals surface area contributed by atoms with Gasteiger partial charge in [-0.3, -0.25) is 9.89 Å². The van der Waals surface area contributed by atoms with Crippen LogP contribution in [0.2, 0.25) is 0 Å². The van der Waals surface area contributed by atoms with Crippen LogP contribution in [0.3, 0.4) is 0 Å². The molecule has 0 aliphatic carbocycles. The predicted octanol–water partition coefficient (Wildman–Crippen LogP) is 1.08. The molecule has 0 bridgehead atoms. The molecule has 5 heteroatoms. The van der Waals surface area contributed by atoms with Gasteiger partial charge in [0.1, 0.15) is 0 Å². The van der Waals surface area contributed by atoms with Crippen LogP contribution >= 0.6 is 11.8 Å². The maximum atomic E-state index is 6.03. The predicted molar refractivity (Wildman–Crippen MR) is 77.8 cm³/mol. The van der Waals surface area contributed by atoms with Crippen LogP contribution in [-0.2, 0) is 0 Å². The highest BCUT2D eigenvalue weighted by Crippen LogP contribution is 2.08. The van der Waals surface area contributed by atoms with E-state index in [9.17, 15) is 0 Å². The van der Waals surface area contributed by atoms with Crippen molar-refractivity contribution in [1.82, 2.24) is 9.80 Å². The van der Waals surface area contributed by atoms with Gasteiger partial charge in [0.25, 0.3) is 0 Å². The Morgan fingerprint density at radius 2 is 1.94 bits per heavy atom. The quantitative estimate of drug-likeness (QED) is 0.592. The van der Waals surface area contributed by atoms with Gasteiger partial charge in [0.15, 0.2) is 5.96 Å². The summed E-state index contributed by atoms with van der Waals surface area (Å²) >= 11 is 1.99. The lowest BCUT2D eigenvalue weighted by atomic mass is 10.3. The molecule has 1 saturated heterocycles. The molecular weight excluding hydrogens is 232 g/mol. The van der Waals surface area contributed by atoms with Crippen molar-refractivity contribution < 1.29 is 0 Å². The molecule has 2 N–H and O–H groups in total. The zero-order valence-electron chi connectivity index (χ0n) is 11.4. The third-order valence-electron chi connectivity index (χ3n) is 3.29. The SMILES string of the molecule is CCN(CC)C(C)CN=C(N)N1CCSCC1. The highest BCUT2D eigenvalue weighted by atomic mass is 32.2. The molecule has 4 nitrogen and oxygen atoms in total. The number of nitrogens with two attached hydrogens (primary N) is 1. The van der Waals surface area contributed by atoms with E-state index in [4.69, 9.17) is 5.73 Å². The van der Waals surface area contributed by atoms with Crippen LogP contribution in [0, 0.1) is 0 Å². The largest absolute Gasteiger partial charge is 0.370 e. The Labute approximate surface area is 110 Å². The Morgan fingerprint density at radius 1 is 1.35 bits per heavy atom. The summed E-state index contributed by atoms with van der Waals surface area (Å²) < 4.78 is 0. The van der Waals surface area contributed by atoms with Crippen LogP contribution in [0.15, 0.2) is 4.99 Å². The van der Waals surface area contributed by atoms with Crippen molar-refractivity contribution in [3.63, 3.8) is 0 Å². The van der Waals surface area contributed by atoms with Crippen LogP contribution in [-0.4, -0.2) is 66.0 Å². The molecule has 0 radical (unpaired) electrons. The first-order valence-corrected chi connectivity index (χ1v) is 7.71. The molecule has 100 valence electrons. The molecule has 1 atom stereocenters. The van der Waals surface area contributed by atoms with Crippen molar-refractivity contribution in [2.45, 2.75) is 26.8 Å². The lowest BCUT2D eigenvalue weighted by Gasteiger charge is -2.28. The average Bonchev–Trinajstić information content (AvgIpc) is 2.38. The Kier molecular flexibility index (Phi) is 6.73. The molecule has 1 rings (SSSR count). The fourth-order valence-corrected chi connectivity index (χ4v) is 2.98. The third-order valence-corrected chi connectivity index (χ3v) is 4.23. The van der Waals surface area contributed by atoms with Gasteiger partial charge in [-0.2, -0.15) is 11.8 Å². The number of rotatable bonds is 5. The fraction of sp³-hybridized carbons (Fsp3) is 0.917. The zero-order chi connectivity index (χ0) is 12.7. The normalized spacial score (nSPS) is 19.8. The van der Waals surface area contributed by atoms with E-state index in [0.29, 0.717) is 6.04 Å². The fourth-order valence-electron chi connectivity index (χ4n) is 2.08. The maximum absolute atomic E-state index is 6.03. The standard InChI is InChI=1S/C12H26N4S/c1-4-15(5-2)11(3)10-14-12(13)16-6-8-17-9-7-16/h11H,4-10H2,1-3H3,(H2,13,14). The van der Waals surface area contributed by atoms with Gasteiger partial charge < -0.3 is 10.6 Å². The van der Waals surface area contributed by atoms with Crippen molar-refractivity contribution in [2.75, 3.05) is 44.2 Å². The van der Waals surface area contributed by atoms with Crippen molar-refractivity contribution in [2.24, 2.45) is 10.7 Å². The minimum absolute atomic E-state index is 0.475. The number of likely N-dealkylation sites (N-methyl/N-ethyl adjacent to an activating group) is 1.